The number of hydrazine groups is 1. The predicted molar refractivity (Wildman–Crippen MR) is 113 cm³/mol. The molecule has 0 aromatic heterocycles. The Morgan fingerprint density at radius 2 is 1.62 bits per heavy atom. The van der Waals surface area contributed by atoms with Crippen molar-refractivity contribution in [2.75, 3.05) is 50.1 Å². The van der Waals surface area contributed by atoms with Crippen LogP contribution in [-0.2, 0) is 4.79 Å². The van der Waals surface area contributed by atoms with Crippen LogP contribution in [0.5, 0.6) is 5.75 Å². The second-order valence-electron chi connectivity index (χ2n) is 6.74. The summed E-state index contributed by atoms with van der Waals surface area (Å²) in [6, 6.07) is 16.6. The molecule has 0 spiro atoms. The summed E-state index contributed by atoms with van der Waals surface area (Å²) in [4.78, 5) is 28.3. The number of hydrogen-bond donors (Lipinski definition) is 3. The Labute approximate surface area is 170 Å². The number of piperazine rings is 1. The van der Waals surface area contributed by atoms with Crippen LogP contribution in [0.1, 0.15) is 6.42 Å². The molecule has 0 radical (unpaired) electrons. The highest BCUT2D eigenvalue weighted by Gasteiger charge is 2.19. The maximum Gasteiger partial charge on any atom is 0.337 e. The van der Waals surface area contributed by atoms with Crippen LogP contribution in [0.3, 0.4) is 0 Å². The summed E-state index contributed by atoms with van der Waals surface area (Å²) in [5.74, 6) is 0.653. The lowest BCUT2D eigenvalue weighted by molar-refractivity contribution is -0.122. The van der Waals surface area contributed by atoms with E-state index in [0.717, 1.165) is 37.6 Å². The van der Waals surface area contributed by atoms with Gasteiger partial charge < -0.3 is 15.0 Å². The Bertz CT molecular complexity index is 807. The highest BCUT2D eigenvalue weighted by Crippen LogP contribution is 2.28. The fraction of sp³-hybridized carbons (Fsp3) is 0.333. The van der Waals surface area contributed by atoms with Gasteiger partial charge in [0.25, 0.3) is 0 Å². The first-order chi connectivity index (χ1) is 14.2. The Morgan fingerprint density at radius 1 is 0.931 bits per heavy atom. The van der Waals surface area contributed by atoms with Crippen molar-refractivity contribution < 1.29 is 14.3 Å². The SMILES string of the molecule is COc1ccccc1N1CCN(CCC(=O)NNC(=O)Nc2ccccc2)CC1. The van der Waals surface area contributed by atoms with Gasteiger partial charge in [0.15, 0.2) is 0 Å². The van der Waals surface area contributed by atoms with Gasteiger partial charge in [-0.2, -0.15) is 0 Å². The van der Waals surface area contributed by atoms with Crippen LogP contribution < -0.4 is 25.8 Å². The Kier molecular flexibility index (Phi) is 7.29. The largest absolute Gasteiger partial charge is 0.495 e. The summed E-state index contributed by atoms with van der Waals surface area (Å²) in [7, 11) is 1.68. The molecule has 0 aliphatic carbocycles. The monoisotopic (exact) mass is 397 g/mol. The molecule has 2 aromatic carbocycles. The third-order valence-corrected chi connectivity index (χ3v) is 4.80. The minimum atomic E-state index is -0.477. The number of anilines is 2. The van der Waals surface area contributed by atoms with Gasteiger partial charge in [-0.25, -0.2) is 10.2 Å². The number of nitrogens with zero attached hydrogens (tertiary/aromatic N) is 2. The molecule has 3 rings (SSSR count). The van der Waals surface area contributed by atoms with Gasteiger partial charge in [0.2, 0.25) is 5.91 Å². The molecule has 154 valence electrons. The number of amides is 3. The van der Waals surface area contributed by atoms with Crippen LogP contribution in [0.2, 0.25) is 0 Å². The highest BCUT2D eigenvalue weighted by atomic mass is 16.5. The molecule has 29 heavy (non-hydrogen) atoms. The van der Waals surface area contributed by atoms with Gasteiger partial charge in [-0.3, -0.25) is 15.1 Å². The number of nitrogens with one attached hydrogen (secondary N) is 3. The van der Waals surface area contributed by atoms with Crippen molar-refractivity contribution in [3.63, 3.8) is 0 Å². The number of ether oxygens (including phenoxy) is 1. The third kappa shape index (κ3) is 6.11. The van der Waals surface area contributed by atoms with E-state index in [1.807, 2.05) is 36.4 Å². The van der Waals surface area contributed by atoms with Crippen LogP contribution >= 0.6 is 0 Å². The molecule has 1 fully saturated rings. The lowest BCUT2D eigenvalue weighted by Gasteiger charge is -2.36. The van der Waals surface area contributed by atoms with Gasteiger partial charge in [-0.05, 0) is 24.3 Å². The summed E-state index contributed by atoms with van der Waals surface area (Å²) >= 11 is 0. The molecule has 0 unspecified atom stereocenters. The van der Waals surface area contributed by atoms with Gasteiger partial charge in [0.05, 0.1) is 12.8 Å². The van der Waals surface area contributed by atoms with Gasteiger partial charge in [-0.1, -0.05) is 30.3 Å². The topological polar surface area (TPSA) is 85.9 Å². The van der Waals surface area contributed by atoms with Crippen LogP contribution in [-0.4, -0.2) is 56.7 Å². The lowest BCUT2D eigenvalue weighted by atomic mass is 10.2. The Balaban J connectivity index is 1.34. The normalized spacial score (nSPS) is 14.2. The van der Waals surface area contributed by atoms with Crippen molar-refractivity contribution in [3.05, 3.63) is 54.6 Å². The average molecular weight is 397 g/mol. The zero-order valence-electron chi connectivity index (χ0n) is 16.6. The van der Waals surface area contributed by atoms with E-state index in [9.17, 15) is 9.59 Å². The third-order valence-electron chi connectivity index (χ3n) is 4.80. The molecule has 3 N–H and O–H groups in total. The van der Waals surface area contributed by atoms with Gasteiger partial charge in [-0.15, -0.1) is 0 Å². The summed E-state index contributed by atoms with van der Waals surface area (Å²) < 4.78 is 5.44. The molecule has 0 saturated carbocycles. The molecule has 1 aliphatic rings. The molecular formula is C21H27N5O3. The summed E-state index contributed by atoms with van der Waals surface area (Å²) in [6.45, 7) is 4.13. The van der Waals surface area contributed by atoms with E-state index in [2.05, 4.69) is 32.0 Å². The zero-order chi connectivity index (χ0) is 20.5. The van der Waals surface area contributed by atoms with Crippen molar-refractivity contribution in [2.45, 2.75) is 6.42 Å². The molecule has 2 aromatic rings. The molecule has 1 saturated heterocycles. The quantitative estimate of drug-likeness (QED) is 0.650. The lowest BCUT2D eigenvalue weighted by Crippen LogP contribution is -2.48. The van der Waals surface area contributed by atoms with E-state index in [0.29, 0.717) is 18.7 Å². The van der Waals surface area contributed by atoms with Crippen molar-refractivity contribution in [1.29, 1.82) is 0 Å². The van der Waals surface area contributed by atoms with Crippen molar-refractivity contribution in [3.8, 4) is 5.75 Å². The second-order valence-corrected chi connectivity index (χ2v) is 6.74. The number of benzene rings is 2. The van der Waals surface area contributed by atoms with Crippen molar-refractivity contribution in [1.82, 2.24) is 15.8 Å². The Morgan fingerprint density at radius 3 is 2.34 bits per heavy atom. The maximum atomic E-state index is 12.0. The number of carbonyl (C=O) groups excluding carboxylic acids is 2. The van der Waals surface area contributed by atoms with Gasteiger partial charge >= 0.3 is 6.03 Å². The van der Waals surface area contributed by atoms with E-state index < -0.39 is 6.03 Å². The number of urea groups is 1. The van der Waals surface area contributed by atoms with Crippen LogP contribution in [0.15, 0.2) is 54.6 Å². The molecule has 3 amide bonds. The van der Waals surface area contributed by atoms with Crippen molar-refractivity contribution in [2.24, 2.45) is 0 Å². The minimum absolute atomic E-state index is 0.222. The van der Waals surface area contributed by atoms with E-state index in [4.69, 9.17) is 4.74 Å². The predicted octanol–water partition coefficient (Wildman–Crippen LogP) is 2.06. The number of carbonyl (C=O) groups is 2. The fourth-order valence-corrected chi connectivity index (χ4v) is 3.24. The van der Waals surface area contributed by atoms with Gasteiger partial charge in [0, 0.05) is 44.8 Å². The van der Waals surface area contributed by atoms with Crippen LogP contribution in [0.25, 0.3) is 0 Å². The highest BCUT2D eigenvalue weighted by molar-refractivity contribution is 5.90. The first-order valence-corrected chi connectivity index (χ1v) is 9.67. The molecule has 1 heterocycles. The van der Waals surface area contributed by atoms with Crippen LogP contribution in [0.4, 0.5) is 16.2 Å². The van der Waals surface area contributed by atoms with E-state index in [1.165, 1.54) is 0 Å². The number of para-hydroxylation sites is 3. The standard InChI is InChI=1S/C21H27N5O3/c1-29-19-10-6-5-9-18(19)26-15-13-25(14-16-26)12-11-20(27)23-24-21(28)22-17-7-3-2-4-8-17/h2-10H,11-16H2,1H3,(H,23,27)(H2,22,24,28). The fourth-order valence-electron chi connectivity index (χ4n) is 3.24. The molecular weight excluding hydrogens is 370 g/mol. The van der Waals surface area contributed by atoms with E-state index >= 15 is 0 Å². The number of hydrogen-bond acceptors (Lipinski definition) is 5. The molecule has 8 heteroatoms. The summed E-state index contributed by atoms with van der Waals surface area (Å²) in [5.41, 5.74) is 6.56. The summed E-state index contributed by atoms with van der Waals surface area (Å²) in [6.07, 6.45) is 0.320. The second kappa shape index (κ2) is 10.3. The first kappa shape index (κ1) is 20.5. The van der Waals surface area contributed by atoms with E-state index in [-0.39, 0.29) is 5.91 Å². The smallest absolute Gasteiger partial charge is 0.337 e. The van der Waals surface area contributed by atoms with Crippen LogP contribution in [0, 0.1) is 0 Å². The van der Waals surface area contributed by atoms with E-state index in [1.54, 1.807) is 19.2 Å². The molecule has 0 atom stereocenters. The number of rotatable bonds is 6. The zero-order valence-corrected chi connectivity index (χ0v) is 16.6. The molecule has 8 nitrogen and oxygen atoms in total. The molecule has 0 bridgehead atoms. The maximum absolute atomic E-state index is 12.0. The Hall–Kier alpha value is -3.26. The molecule has 1 aliphatic heterocycles. The van der Waals surface area contributed by atoms with Gasteiger partial charge in [0.1, 0.15) is 5.75 Å². The number of methoxy groups -OCH3 is 1. The average Bonchev–Trinajstić information content (AvgIpc) is 2.77. The first-order valence-electron chi connectivity index (χ1n) is 9.67. The summed E-state index contributed by atoms with van der Waals surface area (Å²) in [5, 5.41) is 2.64. The minimum Gasteiger partial charge on any atom is -0.495 e. The van der Waals surface area contributed by atoms with Crippen molar-refractivity contribution >= 4 is 23.3 Å².